The van der Waals surface area contributed by atoms with Crippen LogP contribution >= 0.6 is 23.4 Å². The summed E-state index contributed by atoms with van der Waals surface area (Å²) in [6.45, 7) is 0. The molecule has 1 aliphatic carbocycles. The topological polar surface area (TPSA) is 0 Å². The summed E-state index contributed by atoms with van der Waals surface area (Å²) in [5, 5.41) is 0.482. The highest BCUT2D eigenvalue weighted by atomic mass is 35.5. The van der Waals surface area contributed by atoms with Crippen molar-refractivity contribution in [3.63, 3.8) is 0 Å². The summed E-state index contributed by atoms with van der Waals surface area (Å²) in [5.41, 5.74) is 0. The summed E-state index contributed by atoms with van der Waals surface area (Å²) in [4.78, 5) is 0. The lowest BCUT2D eigenvalue weighted by atomic mass is 9.93. The standard InChI is InChI=1S/C10H17ClS/c11-10-7-12-6-9(10)5-8-3-1-2-4-8/h8-10H,1-7H2. The number of hydrogen-bond acceptors (Lipinski definition) is 1. The molecule has 2 fully saturated rings. The first-order valence-electron chi connectivity index (χ1n) is 5.08. The normalized spacial score (nSPS) is 37.8. The number of rotatable bonds is 2. The zero-order valence-electron chi connectivity index (χ0n) is 7.47. The van der Waals surface area contributed by atoms with Crippen molar-refractivity contribution in [3.8, 4) is 0 Å². The predicted molar refractivity (Wildman–Crippen MR) is 57.0 cm³/mol. The van der Waals surface area contributed by atoms with Gasteiger partial charge in [-0.2, -0.15) is 11.8 Å². The maximum Gasteiger partial charge on any atom is 0.0462 e. The van der Waals surface area contributed by atoms with Crippen LogP contribution in [0.5, 0.6) is 0 Å². The van der Waals surface area contributed by atoms with Crippen LogP contribution in [0.2, 0.25) is 0 Å². The molecule has 0 amide bonds. The Morgan fingerprint density at radius 1 is 1.17 bits per heavy atom. The maximum absolute atomic E-state index is 6.24. The van der Waals surface area contributed by atoms with E-state index in [0.29, 0.717) is 5.38 Å². The molecule has 0 radical (unpaired) electrons. The lowest BCUT2D eigenvalue weighted by molar-refractivity contribution is 0.407. The molecule has 0 N–H and O–H groups in total. The van der Waals surface area contributed by atoms with Crippen molar-refractivity contribution in [3.05, 3.63) is 0 Å². The fourth-order valence-electron chi connectivity index (χ4n) is 2.46. The second kappa shape index (κ2) is 4.23. The molecule has 1 heterocycles. The maximum atomic E-state index is 6.24. The Kier molecular flexibility index (Phi) is 3.25. The van der Waals surface area contributed by atoms with Gasteiger partial charge in [-0.1, -0.05) is 25.7 Å². The van der Waals surface area contributed by atoms with Gasteiger partial charge in [0, 0.05) is 11.1 Å². The number of halogens is 1. The van der Waals surface area contributed by atoms with Crippen LogP contribution < -0.4 is 0 Å². The zero-order chi connectivity index (χ0) is 8.39. The molecular weight excluding hydrogens is 188 g/mol. The minimum atomic E-state index is 0.482. The molecule has 1 saturated carbocycles. The monoisotopic (exact) mass is 204 g/mol. The summed E-state index contributed by atoms with van der Waals surface area (Å²) in [7, 11) is 0. The van der Waals surface area contributed by atoms with Crippen molar-refractivity contribution in [2.75, 3.05) is 11.5 Å². The second-order valence-corrected chi connectivity index (χ2v) is 5.84. The highest BCUT2D eigenvalue weighted by Gasteiger charge is 2.29. The van der Waals surface area contributed by atoms with Crippen molar-refractivity contribution in [2.24, 2.45) is 11.8 Å². The van der Waals surface area contributed by atoms with Gasteiger partial charge in [-0.25, -0.2) is 0 Å². The van der Waals surface area contributed by atoms with Gasteiger partial charge in [0.25, 0.3) is 0 Å². The van der Waals surface area contributed by atoms with Crippen LogP contribution in [-0.2, 0) is 0 Å². The van der Waals surface area contributed by atoms with Crippen LogP contribution in [0.4, 0.5) is 0 Å². The van der Waals surface area contributed by atoms with E-state index in [1.807, 2.05) is 11.8 Å². The Labute approximate surface area is 84.4 Å². The van der Waals surface area contributed by atoms with Crippen LogP contribution in [0.15, 0.2) is 0 Å². The Morgan fingerprint density at radius 2 is 1.92 bits per heavy atom. The molecule has 70 valence electrons. The summed E-state index contributed by atoms with van der Waals surface area (Å²) in [6.07, 6.45) is 7.31. The third kappa shape index (κ3) is 2.11. The van der Waals surface area contributed by atoms with Gasteiger partial charge in [0.1, 0.15) is 0 Å². The van der Waals surface area contributed by atoms with Crippen LogP contribution in [0.3, 0.4) is 0 Å². The molecule has 0 bridgehead atoms. The predicted octanol–water partition coefficient (Wildman–Crippen LogP) is 3.54. The van der Waals surface area contributed by atoms with Gasteiger partial charge in [-0.05, 0) is 24.0 Å². The molecule has 1 aliphatic heterocycles. The zero-order valence-corrected chi connectivity index (χ0v) is 9.04. The van der Waals surface area contributed by atoms with E-state index < -0.39 is 0 Å². The van der Waals surface area contributed by atoms with E-state index >= 15 is 0 Å². The Morgan fingerprint density at radius 3 is 2.50 bits per heavy atom. The van der Waals surface area contributed by atoms with Crippen LogP contribution in [-0.4, -0.2) is 16.9 Å². The van der Waals surface area contributed by atoms with Gasteiger partial charge in [-0.3, -0.25) is 0 Å². The smallest absolute Gasteiger partial charge is 0.0462 e. The summed E-state index contributed by atoms with van der Waals surface area (Å²) >= 11 is 8.28. The quantitative estimate of drug-likeness (QED) is 0.621. The first-order chi connectivity index (χ1) is 5.86. The Balaban J connectivity index is 1.77. The fraction of sp³-hybridized carbons (Fsp3) is 1.00. The first kappa shape index (κ1) is 9.21. The van der Waals surface area contributed by atoms with Crippen molar-refractivity contribution in [2.45, 2.75) is 37.5 Å². The summed E-state index contributed by atoms with van der Waals surface area (Å²) in [5.74, 6) is 4.37. The van der Waals surface area contributed by atoms with E-state index in [1.165, 1.54) is 43.6 Å². The molecule has 0 nitrogen and oxygen atoms in total. The number of alkyl halides is 1. The molecule has 2 atom stereocenters. The molecule has 2 heteroatoms. The highest BCUT2D eigenvalue weighted by molar-refractivity contribution is 7.99. The van der Waals surface area contributed by atoms with Crippen molar-refractivity contribution >= 4 is 23.4 Å². The minimum Gasteiger partial charge on any atom is -0.160 e. The van der Waals surface area contributed by atoms with Gasteiger partial charge in [0.05, 0.1) is 0 Å². The second-order valence-electron chi connectivity index (χ2n) is 4.20. The molecule has 2 rings (SSSR count). The van der Waals surface area contributed by atoms with Gasteiger partial charge >= 0.3 is 0 Å². The average Bonchev–Trinajstić information content (AvgIpc) is 2.65. The molecule has 0 aromatic heterocycles. The van der Waals surface area contributed by atoms with Crippen LogP contribution in [0.25, 0.3) is 0 Å². The third-order valence-corrected chi connectivity index (χ3v) is 5.18. The van der Waals surface area contributed by atoms with Crippen LogP contribution in [0, 0.1) is 11.8 Å². The molecule has 0 spiro atoms. The molecule has 0 aromatic rings. The van der Waals surface area contributed by atoms with E-state index in [0.717, 1.165) is 11.8 Å². The van der Waals surface area contributed by atoms with Gasteiger partial charge in [0.15, 0.2) is 0 Å². The molecule has 1 saturated heterocycles. The van der Waals surface area contributed by atoms with Crippen LogP contribution in [0.1, 0.15) is 32.1 Å². The van der Waals surface area contributed by atoms with Crippen molar-refractivity contribution < 1.29 is 0 Å². The molecule has 12 heavy (non-hydrogen) atoms. The van der Waals surface area contributed by atoms with E-state index in [2.05, 4.69) is 0 Å². The Hall–Kier alpha value is 0.640. The first-order valence-corrected chi connectivity index (χ1v) is 6.67. The number of hydrogen-bond donors (Lipinski definition) is 0. The van der Waals surface area contributed by atoms with Gasteiger partial charge in [-0.15, -0.1) is 11.6 Å². The van der Waals surface area contributed by atoms with Crippen molar-refractivity contribution in [1.82, 2.24) is 0 Å². The highest BCUT2D eigenvalue weighted by Crippen LogP contribution is 2.37. The van der Waals surface area contributed by atoms with Gasteiger partial charge in [0.2, 0.25) is 0 Å². The molecule has 2 aliphatic rings. The third-order valence-electron chi connectivity index (χ3n) is 3.23. The average molecular weight is 205 g/mol. The van der Waals surface area contributed by atoms with E-state index in [9.17, 15) is 0 Å². The molecule has 0 aromatic carbocycles. The van der Waals surface area contributed by atoms with Crippen molar-refractivity contribution in [1.29, 1.82) is 0 Å². The SMILES string of the molecule is ClC1CSCC1CC1CCCC1. The largest absolute Gasteiger partial charge is 0.160 e. The lowest BCUT2D eigenvalue weighted by Crippen LogP contribution is -2.15. The lowest BCUT2D eigenvalue weighted by Gasteiger charge is -2.16. The molecule has 2 unspecified atom stereocenters. The fourth-order valence-corrected chi connectivity index (χ4v) is 4.33. The van der Waals surface area contributed by atoms with E-state index in [1.54, 1.807) is 0 Å². The molecular formula is C10H17ClS. The number of thioether (sulfide) groups is 1. The van der Waals surface area contributed by atoms with E-state index in [-0.39, 0.29) is 0 Å². The minimum absolute atomic E-state index is 0.482. The summed E-state index contributed by atoms with van der Waals surface area (Å²) < 4.78 is 0. The summed E-state index contributed by atoms with van der Waals surface area (Å²) in [6, 6.07) is 0. The van der Waals surface area contributed by atoms with Gasteiger partial charge < -0.3 is 0 Å². The Bertz CT molecular complexity index is 143. The van der Waals surface area contributed by atoms with E-state index in [4.69, 9.17) is 11.6 Å².